The van der Waals surface area contributed by atoms with E-state index >= 15 is 0 Å². The fraction of sp³-hybridized carbons (Fsp3) is 0.0833. The smallest absolute Gasteiger partial charge is 0.204 e. The van der Waals surface area contributed by atoms with Crippen LogP contribution in [-0.2, 0) is 6.54 Å². The summed E-state index contributed by atoms with van der Waals surface area (Å²) in [5, 5.41) is 0. The van der Waals surface area contributed by atoms with Crippen molar-refractivity contribution in [2.24, 2.45) is 0 Å². The van der Waals surface area contributed by atoms with Gasteiger partial charge in [-0.2, -0.15) is 0 Å². The van der Waals surface area contributed by atoms with E-state index in [4.69, 9.17) is 5.73 Å². The van der Waals surface area contributed by atoms with E-state index in [2.05, 4.69) is 0 Å². The molecule has 0 atom stereocenters. The summed E-state index contributed by atoms with van der Waals surface area (Å²) in [6.45, 7) is 0.488. The molecule has 1 aromatic heterocycles. The van der Waals surface area contributed by atoms with Gasteiger partial charge in [0.15, 0.2) is 0 Å². The van der Waals surface area contributed by atoms with Crippen molar-refractivity contribution in [1.82, 2.24) is 4.57 Å². The lowest BCUT2D eigenvalue weighted by Gasteiger charge is -2.06. The van der Waals surface area contributed by atoms with Crippen molar-refractivity contribution < 1.29 is 4.39 Å². The van der Waals surface area contributed by atoms with Crippen LogP contribution in [0, 0.1) is 5.82 Å². The van der Waals surface area contributed by atoms with Crippen LogP contribution < -0.4 is 11.2 Å². The van der Waals surface area contributed by atoms with Gasteiger partial charge in [0.05, 0.1) is 5.69 Å². The summed E-state index contributed by atoms with van der Waals surface area (Å²) in [6, 6.07) is 7.71. The minimum atomic E-state index is -0.272. The molecule has 0 radical (unpaired) electrons. The molecule has 2 rings (SSSR count). The van der Waals surface area contributed by atoms with Gasteiger partial charge >= 0.3 is 0 Å². The summed E-state index contributed by atoms with van der Waals surface area (Å²) in [7, 11) is 0. The Bertz CT molecular complexity index is 563. The largest absolute Gasteiger partial charge is 0.394 e. The SMILES string of the molecule is Nc1cn(Cc2cccc(F)c2)ccc1=O. The van der Waals surface area contributed by atoms with Gasteiger partial charge in [-0.3, -0.25) is 4.79 Å². The summed E-state index contributed by atoms with van der Waals surface area (Å²) in [5.74, 6) is -0.272. The van der Waals surface area contributed by atoms with Gasteiger partial charge in [0.2, 0.25) is 5.43 Å². The highest BCUT2D eigenvalue weighted by Gasteiger charge is 1.98. The highest BCUT2D eigenvalue weighted by molar-refractivity contribution is 5.34. The molecule has 0 amide bonds. The first kappa shape index (κ1) is 10.4. The third-order valence-corrected chi connectivity index (χ3v) is 2.26. The first-order chi connectivity index (χ1) is 7.65. The van der Waals surface area contributed by atoms with E-state index in [-0.39, 0.29) is 16.9 Å². The molecular weight excluding hydrogens is 207 g/mol. The Balaban J connectivity index is 2.27. The van der Waals surface area contributed by atoms with Gasteiger partial charge in [0.25, 0.3) is 0 Å². The van der Waals surface area contributed by atoms with Crippen molar-refractivity contribution in [2.75, 3.05) is 5.73 Å². The molecule has 0 spiro atoms. The van der Waals surface area contributed by atoms with Gasteiger partial charge in [0, 0.05) is 25.0 Å². The lowest BCUT2D eigenvalue weighted by atomic mass is 10.2. The fourth-order valence-corrected chi connectivity index (χ4v) is 1.49. The van der Waals surface area contributed by atoms with Crippen molar-refractivity contribution in [3.63, 3.8) is 0 Å². The molecule has 3 nitrogen and oxygen atoms in total. The number of aromatic nitrogens is 1. The van der Waals surface area contributed by atoms with Crippen molar-refractivity contribution in [3.8, 4) is 0 Å². The predicted octanol–water partition coefficient (Wildman–Crippen LogP) is 1.62. The Morgan fingerprint density at radius 1 is 1.31 bits per heavy atom. The number of benzene rings is 1. The number of nitrogens with two attached hydrogens (primary N) is 1. The van der Waals surface area contributed by atoms with Crippen LogP contribution >= 0.6 is 0 Å². The van der Waals surface area contributed by atoms with Gasteiger partial charge in [0.1, 0.15) is 5.82 Å². The van der Waals surface area contributed by atoms with Crippen LogP contribution in [0.1, 0.15) is 5.56 Å². The molecule has 0 unspecified atom stereocenters. The first-order valence-electron chi connectivity index (χ1n) is 4.85. The second-order valence-electron chi connectivity index (χ2n) is 3.57. The molecule has 2 aromatic rings. The Hall–Kier alpha value is -2.10. The fourth-order valence-electron chi connectivity index (χ4n) is 1.49. The van der Waals surface area contributed by atoms with Crippen molar-refractivity contribution in [3.05, 3.63) is 64.3 Å². The number of nitrogen functional groups attached to an aromatic ring is 1. The topological polar surface area (TPSA) is 48.0 Å². The number of nitrogens with zero attached hydrogens (tertiary/aromatic N) is 1. The van der Waals surface area contributed by atoms with E-state index in [1.165, 1.54) is 18.2 Å². The normalized spacial score (nSPS) is 10.3. The highest BCUT2D eigenvalue weighted by atomic mass is 19.1. The molecule has 1 aromatic carbocycles. The highest BCUT2D eigenvalue weighted by Crippen LogP contribution is 2.06. The average molecular weight is 218 g/mol. The molecule has 0 saturated carbocycles. The Kier molecular flexibility index (Phi) is 2.72. The van der Waals surface area contributed by atoms with Gasteiger partial charge in [-0.15, -0.1) is 0 Å². The molecule has 82 valence electrons. The van der Waals surface area contributed by atoms with Gasteiger partial charge in [-0.25, -0.2) is 4.39 Å². The van der Waals surface area contributed by atoms with Crippen molar-refractivity contribution in [1.29, 1.82) is 0 Å². The minimum Gasteiger partial charge on any atom is -0.394 e. The Morgan fingerprint density at radius 3 is 2.81 bits per heavy atom. The summed E-state index contributed by atoms with van der Waals surface area (Å²) in [4.78, 5) is 11.1. The van der Waals surface area contributed by atoms with Crippen LogP contribution in [-0.4, -0.2) is 4.57 Å². The average Bonchev–Trinajstić information content (AvgIpc) is 2.24. The standard InChI is InChI=1S/C12H11FN2O/c13-10-3-1-2-9(6-10)7-15-5-4-12(16)11(14)8-15/h1-6,8H,7,14H2. The molecular formula is C12H11FN2O. The molecule has 1 heterocycles. The van der Waals surface area contributed by atoms with Crippen LogP contribution in [0.15, 0.2) is 47.5 Å². The van der Waals surface area contributed by atoms with E-state index in [1.54, 1.807) is 23.0 Å². The maximum Gasteiger partial charge on any atom is 0.204 e. The van der Waals surface area contributed by atoms with E-state index in [1.807, 2.05) is 6.07 Å². The van der Waals surface area contributed by atoms with Gasteiger partial charge in [-0.1, -0.05) is 12.1 Å². The maximum absolute atomic E-state index is 12.9. The molecule has 16 heavy (non-hydrogen) atoms. The zero-order valence-corrected chi connectivity index (χ0v) is 8.56. The number of rotatable bonds is 2. The van der Waals surface area contributed by atoms with Crippen molar-refractivity contribution >= 4 is 5.69 Å². The Labute approximate surface area is 92.0 Å². The van der Waals surface area contributed by atoms with E-state index < -0.39 is 0 Å². The number of halogens is 1. The number of hydrogen-bond donors (Lipinski definition) is 1. The lowest BCUT2D eigenvalue weighted by Crippen LogP contribution is -2.11. The molecule has 4 heteroatoms. The second-order valence-corrected chi connectivity index (χ2v) is 3.57. The Morgan fingerprint density at radius 2 is 2.12 bits per heavy atom. The van der Waals surface area contributed by atoms with E-state index in [0.29, 0.717) is 6.54 Å². The van der Waals surface area contributed by atoms with E-state index in [9.17, 15) is 9.18 Å². The number of hydrogen-bond acceptors (Lipinski definition) is 2. The van der Waals surface area contributed by atoms with Crippen LogP contribution in [0.5, 0.6) is 0 Å². The lowest BCUT2D eigenvalue weighted by molar-refractivity contribution is 0.623. The van der Waals surface area contributed by atoms with Gasteiger partial charge < -0.3 is 10.3 Å². The molecule has 0 aliphatic carbocycles. The zero-order valence-electron chi connectivity index (χ0n) is 8.56. The second kappa shape index (κ2) is 4.18. The maximum atomic E-state index is 12.9. The zero-order chi connectivity index (χ0) is 11.5. The third-order valence-electron chi connectivity index (χ3n) is 2.26. The molecule has 2 N–H and O–H groups in total. The molecule has 0 aliphatic rings. The molecule has 0 saturated heterocycles. The molecule has 0 fully saturated rings. The van der Waals surface area contributed by atoms with E-state index in [0.717, 1.165) is 5.56 Å². The van der Waals surface area contributed by atoms with Crippen LogP contribution in [0.25, 0.3) is 0 Å². The first-order valence-corrected chi connectivity index (χ1v) is 4.85. The van der Waals surface area contributed by atoms with Gasteiger partial charge in [-0.05, 0) is 17.7 Å². The molecule has 0 bridgehead atoms. The monoisotopic (exact) mass is 218 g/mol. The quantitative estimate of drug-likeness (QED) is 0.832. The molecule has 0 aliphatic heterocycles. The van der Waals surface area contributed by atoms with Crippen LogP contribution in [0.2, 0.25) is 0 Å². The summed E-state index contributed by atoms with van der Waals surface area (Å²) < 4.78 is 14.7. The van der Waals surface area contributed by atoms with Crippen LogP contribution in [0.4, 0.5) is 10.1 Å². The minimum absolute atomic E-state index is 0.193. The summed E-state index contributed by atoms with van der Waals surface area (Å²) >= 11 is 0. The summed E-state index contributed by atoms with van der Waals surface area (Å²) in [5.41, 5.74) is 6.31. The van der Waals surface area contributed by atoms with Crippen LogP contribution in [0.3, 0.4) is 0 Å². The van der Waals surface area contributed by atoms with Crippen molar-refractivity contribution in [2.45, 2.75) is 6.54 Å². The third kappa shape index (κ3) is 2.28. The number of pyridine rings is 1. The predicted molar refractivity (Wildman–Crippen MR) is 60.6 cm³/mol. The summed E-state index contributed by atoms with van der Waals surface area (Å²) in [6.07, 6.45) is 3.18. The number of anilines is 1.